The van der Waals surface area contributed by atoms with E-state index in [9.17, 15) is 13.2 Å². The number of nitrogens with one attached hydrogen (secondary N) is 1. The van der Waals surface area contributed by atoms with E-state index < -0.39 is 10.0 Å². The fraction of sp³-hybridized carbons (Fsp3) is 0.562. The molecule has 0 bridgehead atoms. The second-order valence-electron chi connectivity index (χ2n) is 6.05. The van der Waals surface area contributed by atoms with Crippen molar-refractivity contribution in [2.45, 2.75) is 31.3 Å². The Morgan fingerprint density at radius 2 is 1.79 bits per heavy atom. The van der Waals surface area contributed by atoms with Crippen LogP contribution in [0.25, 0.3) is 0 Å². The molecular formula is C16H26N4O3S. The first-order chi connectivity index (χ1) is 11.3. The van der Waals surface area contributed by atoms with Crippen molar-refractivity contribution >= 4 is 15.9 Å². The van der Waals surface area contributed by atoms with Gasteiger partial charge in [0.05, 0.1) is 10.9 Å². The number of amides is 1. The molecule has 24 heavy (non-hydrogen) atoms. The molecule has 1 saturated heterocycles. The Balaban J connectivity index is 1.84. The zero-order chi connectivity index (χ0) is 17.7. The fourth-order valence-electron chi connectivity index (χ4n) is 2.71. The Morgan fingerprint density at radius 1 is 1.21 bits per heavy atom. The van der Waals surface area contributed by atoms with E-state index in [0.29, 0.717) is 6.54 Å². The molecule has 7 nitrogen and oxygen atoms in total. The van der Waals surface area contributed by atoms with Crippen molar-refractivity contribution in [2.24, 2.45) is 5.14 Å². The van der Waals surface area contributed by atoms with Crippen LogP contribution < -0.4 is 10.5 Å². The predicted molar refractivity (Wildman–Crippen MR) is 92.8 cm³/mol. The molecule has 1 aromatic rings. The highest BCUT2D eigenvalue weighted by atomic mass is 32.2. The molecule has 0 aliphatic carbocycles. The second-order valence-corrected chi connectivity index (χ2v) is 7.61. The summed E-state index contributed by atoms with van der Waals surface area (Å²) in [4.78, 5) is 16.8. The van der Waals surface area contributed by atoms with Crippen LogP contribution in [0.5, 0.6) is 0 Å². The zero-order valence-electron chi connectivity index (χ0n) is 14.2. The SMILES string of the molecule is CCN1CCN(C(=O)[C@H](C)NCc2ccc(S(N)(=O)=O)cc2)CC1. The Hall–Kier alpha value is -1.48. The number of piperazine rings is 1. The van der Waals surface area contributed by atoms with Crippen LogP contribution in [0.2, 0.25) is 0 Å². The van der Waals surface area contributed by atoms with Crippen LogP contribution in [0.1, 0.15) is 19.4 Å². The molecule has 0 unspecified atom stereocenters. The molecule has 1 heterocycles. The molecule has 0 aromatic heterocycles. The lowest BCUT2D eigenvalue weighted by atomic mass is 10.2. The smallest absolute Gasteiger partial charge is 0.239 e. The Bertz CT molecular complexity index is 652. The third kappa shape index (κ3) is 5.01. The minimum absolute atomic E-state index is 0.0872. The monoisotopic (exact) mass is 354 g/mol. The Labute approximate surface area is 143 Å². The molecule has 0 saturated carbocycles. The molecule has 0 radical (unpaired) electrons. The number of benzene rings is 1. The van der Waals surface area contributed by atoms with Crippen LogP contribution >= 0.6 is 0 Å². The second kappa shape index (κ2) is 8.06. The number of sulfonamides is 1. The van der Waals surface area contributed by atoms with E-state index in [0.717, 1.165) is 38.3 Å². The van der Waals surface area contributed by atoms with Gasteiger partial charge in [0.1, 0.15) is 0 Å². The molecule has 1 aliphatic heterocycles. The van der Waals surface area contributed by atoms with Crippen molar-refractivity contribution in [3.05, 3.63) is 29.8 Å². The minimum Gasteiger partial charge on any atom is -0.339 e. The van der Waals surface area contributed by atoms with Gasteiger partial charge < -0.3 is 15.1 Å². The lowest BCUT2D eigenvalue weighted by Crippen LogP contribution is -2.53. The number of hydrogen-bond acceptors (Lipinski definition) is 5. The van der Waals surface area contributed by atoms with Gasteiger partial charge in [-0.2, -0.15) is 0 Å². The number of nitrogens with zero attached hydrogens (tertiary/aromatic N) is 2. The van der Waals surface area contributed by atoms with Crippen molar-refractivity contribution < 1.29 is 13.2 Å². The number of carbonyl (C=O) groups excluding carboxylic acids is 1. The van der Waals surface area contributed by atoms with Gasteiger partial charge in [-0.05, 0) is 31.2 Å². The highest BCUT2D eigenvalue weighted by Crippen LogP contribution is 2.09. The summed E-state index contributed by atoms with van der Waals surface area (Å²) in [5, 5.41) is 8.27. The lowest BCUT2D eigenvalue weighted by Gasteiger charge is -2.35. The molecule has 1 atom stereocenters. The largest absolute Gasteiger partial charge is 0.339 e. The maximum absolute atomic E-state index is 12.4. The summed E-state index contributed by atoms with van der Waals surface area (Å²) in [6.07, 6.45) is 0. The van der Waals surface area contributed by atoms with Gasteiger partial charge in [-0.1, -0.05) is 19.1 Å². The van der Waals surface area contributed by atoms with Crippen molar-refractivity contribution in [3.8, 4) is 0 Å². The van der Waals surface area contributed by atoms with Gasteiger partial charge in [-0.3, -0.25) is 4.79 Å². The molecular weight excluding hydrogens is 328 g/mol. The van der Waals surface area contributed by atoms with E-state index >= 15 is 0 Å². The first-order valence-electron chi connectivity index (χ1n) is 8.17. The maximum atomic E-state index is 12.4. The first kappa shape index (κ1) is 18.9. The zero-order valence-corrected chi connectivity index (χ0v) is 15.1. The van der Waals surface area contributed by atoms with Gasteiger partial charge in [0.25, 0.3) is 0 Å². The topological polar surface area (TPSA) is 95.7 Å². The van der Waals surface area contributed by atoms with Crippen LogP contribution in [-0.2, 0) is 21.4 Å². The van der Waals surface area contributed by atoms with E-state index in [1.54, 1.807) is 12.1 Å². The molecule has 134 valence electrons. The first-order valence-corrected chi connectivity index (χ1v) is 9.72. The highest BCUT2D eigenvalue weighted by Gasteiger charge is 2.23. The quantitative estimate of drug-likeness (QED) is 0.748. The van der Waals surface area contributed by atoms with Gasteiger partial charge in [-0.25, -0.2) is 13.6 Å². The molecule has 1 amide bonds. The van der Waals surface area contributed by atoms with Crippen molar-refractivity contribution in [1.82, 2.24) is 15.1 Å². The molecule has 2 rings (SSSR count). The predicted octanol–water partition coefficient (Wildman–Crippen LogP) is -0.0238. The number of hydrogen-bond donors (Lipinski definition) is 2. The van der Waals surface area contributed by atoms with Gasteiger partial charge in [0.2, 0.25) is 15.9 Å². The van der Waals surface area contributed by atoms with Gasteiger partial charge in [0.15, 0.2) is 0 Å². The van der Waals surface area contributed by atoms with Gasteiger partial charge in [0, 0.05) is 32.7 Å². The number of rotatable bonds is 6. The Morgan fingerprint density at radius 3 is 2.29 bits per heavy atom. The molecule has 1 aromatic carbocycles. The molecule has 8 heteroatoms. The molecule has 1 aliphatic rings. The average Bonchev–Trinajstić information content (AvgIpc) is 2.58. The lowest BCUT2D eigenvalue weighted by molar-refractivity contribution is -0.134. The summed E-state index contributed by atoms with van der Waals surface area (Å²) in [5.41, 5.74) is 0.901. The van der Waals surface area contributed by atoms with E-state index in [1.165, 1.54) is 12.1 Å². The van der Waals surface area contributed by atoms with E-state index in [-0.39, 0.29) is 16.8 Å². The van der Waals surface area contributed by atoms with Crippen LogP contribution in [0, 0.1) is 0 Å². The summed E-state index contributed by atoms with van der Waals surface area (Å²) in [6, 6.07) is 6.07. The van der Waals surface area contributed by atoms with Crippen molar-refractivity contribution in [2.75, 3.05) is 32.7 Å². The third-order valence-electron chi connectivity index (χ3n) is 4.37. The number of carbonyl (C=O) groups is 1. The molecule has 1 fully saturated rings. The summed E-state index contributed by atoms with van der Waals surface area (Å²) in [6.45, 7) is 8.87. The normalized spacial score (nSPS) is 17.7. The van der Waals surface area contributed by atoms with E-state index in [4.69, 9.17) is 5.14 Å². The van der Waals surface area contributed by atoms with E-state index in [2.05, 4.69) is 17.1 Å². The van der Waals surface area contributed by atoms with E-state index in [1.807, 2.05) is 11.8 Å². The minimum atomic E-state index is -3.67. The Kier molecular flexibility index (Phi) is 6.34. The fourth-order valence-corrected chi connectivity index (χ4v) is 3.23. The number of likely N-dealkylation sites (N-methyl/N-ethyl adjacent to an activating group) is 1. The van der Waals surface area contributed by atoms with Gasteiger partial charge >= 0.3 is 0 Å². The summed E-state index contributed by atoms with van der Waals surface area (Å²) in [5.74, 6) is 0.104. The van der Waals surface area contributed by atoms with Crippen LogP contribution in [-0.4, -0.2) is 62.9 Å². The number of nitrogens with two attached hydrogens (primary N) is 1. The van der Waals surface area contributed by atoms with Gasteiger partial charge in [-0.15, -0.1) is 0 Å². The third-order valence-corrected chi connectivity index (χ3v) is 5.30. The van der Waals surface area contributed by atoms with Crippen molar-refractivity contribution in [3.63, 3.8) is 0 Å². The summed E-state index contributed by atoms with van der Waals surface area (Å²) >= 11 is 0. The average molecular weight is 354 g/mol. The van der Waals surface area contributed by atoms with Crippen molar-refractivity contribution in [1.29, 1.82) is 0 Å². The van der Waals surface area contributed by atoms with Crippen LogP contribution in [0.4, 0.5) is 0 Å². The summed E-state index contributed by atoms with van der Waals surface area (Å²) in [7, 11) is -3.67. The van der Waals surface area contributed by atoms with Crippen LogP contribution in [0.15, 0.2) is 29.2 Å². The highest BCUT2D eigenvalue weighted by molar-refractivity contribution is 7.89. The summed E-state index contributed by atoms with van der Waals surface area (Å²) < 4.78 is 22.5. The maximum Gasteiger partial charge on any atom is 0.239 e. The molecule has 0 spiro atoms. The molecule has 3 N–H and O–H groups in total. The standard InChI is InChI=1S/C16H26N4O3S/c1-3-19-8-10-20(11-9-19)16(21)13(2)18-12-14-4-6-15(7-5-14)24(17,22)23/h4-7,13,18H,3,8-12H2,1-2H3,(H2,17,22,23)/t13-/m0/s1. The number of primary sulfonamides is 1. The van der Waals surface area contributed by atoms with Crippen LogP contribution in [0.3, 0.4) is 0 Å².